The summed E-state index contributed by atoms with van der Waals surface area (Å²) < 4.78 is 15.5. The Kier molecular flexibility index (Phi) is 6.12. The number of hydrogen-bond donors (Lipinski definition) is 1. The number of thiazole rings is 1. The molecule has 9 heteroatoms. The van der Waals surface area contributed by atoms with Crippen LogP contribution in [0.3, 0.4) is 0 Å². The van der Waals surface area contributed by atoms with Gasteiger partial charge in [-0.15, -0.1) is 0 Å². The molecule has 1 aliphatic rings. The first-order valence-corrected chi connectivity index (χ1v) is 9.37. The molecule has 0 bridgehead atoms. The highest BCUT2D eigenvalue weighted by atomic mass is 32.1. The van der Waals surface area contributed by atoms with Crippen molar-refractivity contribution in [1.82, 2.24) is 9.88 Å². The minimum absolute atomic E-state index is 0.0333. The van der Waals surface area contributed by atoms with Crippen LogP contribution in [0.2, 0.25) is 0 Å². The minimum atomic E-state index is -0.524. The monoisotopic (exact) mass is 391 g/mol. The average Bonchev–Trinajstić information content (AvgIpc) is 3.07. The lowest BCUT2D eigenvalue weighted by Crippen LogP contribution is -2.38. The fourth-order valence-corrected chi connectivity index (χ4v) is 3.63. The molecule has 2 aromatic rings. The molecule has 8 nitrogen and oxygen atoms in total. The van der Waals surface area contributed by atoms with Crippen molar-refractivity contribution >= 4 is 28.5 Å². The molecule has 144 valence electrons. The van der Waals surface area contributed by atoms with Crippen LogP contribution in [0.25, 0.3) is 0 Å². The number of nitrogens with one attached hydrogen (secondary N) is 1. The zero-order chi connectivity index (χ0) is 19.2. The third-order valence-electron chi connectivity index (χ3n) is 3.99. The number of carbonyl (C=O) groups is 2. The highest BCUT2D eigenvalue weighted by molar-refractivity contribution is 7.15. The number of amides is 2. The molecule has 2 amide bonds. The van der Waals surface area contributed by atoms with E-state index in [1.54, 1.807) is 43.2 Å². The van der Waals surface area contributed by atoms with Gasteiger partial charge in [-0.3, -0.25) is 10.1 Å². The number of ether oxygens (including phenoxy) is 3. The quantitative estimate of drug-likeness (QED) is 0.814. The third kappa shape index (κ3) is 4.88. The SMILES string of the molecule is CCOC(=O)Nc1nc2c(s1)CN(C(=O)COc1ccc(OC)cc1)CC2. The molecule has 1 aromatic carbocycles. The number of methoxy groups -OCH3 is 1. The van der Waals surface area contributed by atoms with Gasteiger partial charge in [0.1, 0.15) is 11.5 Å². The second-order valence-corrected chi connectivity index (χ2v) is 6.85. The second-order valence-electron chi connectivity index (χ2n) is 5.76. The largest absolute Gasteiger partial charge is 0.497 e. The summed E-state index contributed by atoms with van der Waals surface area (Å²) in [5, 5.41) is 3.10. The van der Waals surface area contributed by atoms with Gasteiger partial charge >= 0.3 is 6.09 Å². The van der Waals surface area contributed by atoms with Crippen LogP contribution < -0.4 is 14.8 Å². The lowest BCUT2D eigenvalue weighted by atomic mass is 10.2. The molecule has 0 saturated carbocycles. The highest BCUT2D eigenvalue weighted by Crippen LogP contribution is 2.28. The fourth-order valence-electron chi connectivity index (χ4n) is 2.62. The molecule has 0 fully saturated rings. The van der Waals surface area contributed by atoms with Crippen molar-refractivity contribution in [3.8, 4) is 11.5 Å². The summed E-state index contributed by atoms with van der Waals surface area (Å²) in [6.07, 6.45) is 0.120. The van der Waals surface area contributed by atoms with E-state index in [0.29, 0.717) is 37.0 Å². The van der Waals surface area contributed by atoms with Gasteiger partial charge in [-0.05, 0) is 31.2 Å². The normalized spacial score (nSPS) is 12.9. The Morgan fingerprint density at radius 2 is 2.00 bits per heavy atom. The Morgan fingerprint density at radius 3 is 2.70 bits per heavy atom. The molecule has 0 atom stereocenters. The first-order valence-electron chi connectivity index (χ1n) is 8.56. The summed E-state index contributed by atoms with van der Waals surface area (Å²) in [5.74, 6) is 1.25. The standard InChI is InChI=1S/C18H21N3O5S/c1-3-25-18(23)20-17-19-14-8-9-21(10-15(14)27-17)16(22)11-26-13-6-4-12(24-2)5-7-13/h4-7H,3,8-11H2,1-2H3,(H,19,20,23). The molecular weight excluding hydrogens is 370 g/mol. The maximum atomic E-state index is 12.4. The Balaban J connectivity index is 1.54. The summed E-state index contributed by atoms with van der Waals surface area (Å²) in [7, 11) is 1.59. The maximum Gasteiger partial charge on any atom is 0.413 e. The van der Waals surface area contributed by atoms with Crippen molar-refractivity contribution in [1.29, 1.82) is 0 Å². The van der Waals surface area contributed by atoms with Crippen molar-refractivity contribution in [2.75, 3.05) is 32.2 Å². The Bertz CT molecular complexity index is 806. The van der Waals surface area contributed by atoms with Crippen LogP contribution in [0.4, 0.5) is 9.93 Å². The van der Waals surface area contributed by atoms with Crippen molar-refractivity contribution in [3.63, 3.8) is 0 Å². The first kappa shape index (κ1) is 19.0. The van der Waals surface area contributed by atoms with E-state index in [1.165, 1.54) is 11.3 Å². The van der Waals surface area contributed by atoms with E-state index in [-0.39, 0.29) is 12.5 Å². The molecule has 1 aliphatic heterocycles. The summed E-state index contributed by atoms with van der Waals surface area (Å²) in [5.41, 5.74) is 0.909. The number of benzene rings is 1. The van der Waals surface area contributed by atoms with Gasteiger partial charge in [0.05, 0.1) is 26.0 Å². The second kappa shape index (κ2) is 8.72. The molecule has 27 heavy (non-hydrogen) atoms. The van der Waals surface area contributed by atoms with Gasteiger partial charge in [0.25, 0.3) is 5.91 Å². The summed E-state index contributed by atoms with van der Waals surface area (Å²) >= 11 is 1.36. The van der Waals surface area contributed by atoms with Gasteiger partial charge in [0.2, 0.25) is 0 Å². The van der Waals surface area contributed by atoms with Gasteiger partial charge in [-0.25, -0.2) is 9.78 Å². The maximum absolute atomic E-state index is 12.4. The van der Waals surface area contributed by atoms with E-state index in [1.807, 2.05) is 0 Å². The smallest absolute Gasteiger partial charge is 0.413 e. The van der Waals surface area contributed by atoms with Crippen molar-refractivity contribution < 1.29 is 23.8 Å². The number of hydrogen-bond acceptors (Lipinski definition) is 7. The zero-order valence-electron chi connectivity index (χ0n) is 15.2. The third-order valence-corrected chi connectivity index (χ3v) is 4.99. The van der Waals surface area contributed by atoms with Crippen molar-refractivity contribution in [2.45, 2.75) is 19.9 Å². The number of aromatic nitrogens is 1. The Labute approximate surface area is 161 Å². The van der Waals surface area contributed by atoms with Crippen LogP contribution in [0.1, 0.15) is 17.5 Å². The minimum Gasteiger partial charge on any atom is -0.497 e. The molecule has 0 aliphatic carbocycles. The number of rotatable bonds is 6. The van der Waals surface area contributed by atoms with Crippen LogP contribution in [0.15, 0.2) is 24.3 Å². The van der Waals surface area contributed by atoms with Crippen LogP contribution in [0.5, 0.6) is 11.5 Å². The van der Waals surface area contributed by atoms with E-state index in [9.17, 15) is 9.59 Å². The summed E-state index contributed by atoms with van der Waals surface area (Å²) in [6, 6.07) is 7.08. The van der Waals surface area contributed by atoms with Gasteiger partial charge in [0.15, 0.2) is 11.7 Å². The Morgan fingerprint density at radius 1 is 1.26 bits per heavy atom. The highest BCUT2D eigenvalue weighted by Gasteiger charge is 2.25. The van der Waals surface area contributed by atoms with E-state index in [4.69, 9.17) is 14.2 Å². The molecule has 0 spiro atoms. The van der Waals surface area contributed by atoms with Gasteiger partial charge in [0, 0.05) is 17.8 Å². The molecule has 2 heterocycles. The Hall–Kier alpha value is -2.81. The molecule has 1 aromatic heterocycles. The zero-order valence-corrected chi connectivity index (χ0v) is 16.0. The van der Waals surface area contributed by atoms with E-state index >= 15 is 0 Å². The van der Waals surface area contributed by atoms with Crippen molar-refractivity contribution in [3.05, 3.63) is 34.8 Å². The lowest BCUT2D eigenvalue weighted by Gasteiger charge is -2.26. The predicted octanol–water partition coefficient (Wildman–Crippen LogP) is 2.68. The molecule has 1 N–H and O–H groups in total. The van der Waals surface area contributed by atoms with Crippen LogP contribution in [-0.4, -0.2) is 48.8 Å². The van der Waals surface area contributed by atoms with E-state index in [0.717, 1.165) is 16.3 Å². The molecule has 3 rings (SSSR count). The lowest BCUT2D eigenvalue weighted by molar-refractivity contribution is -0.134. The number of carbonyl (C=O) groups excluding carboxylic acids is 2. The average molecular weight is 391 g/mol. The van der Waals surface area contributed by atoms with E-state index < -0.39 is 6.09 Å². The molecular formula is C18H21N3O5S. The van der Waals surface area contributed by atoms with Crippen molar-refractivity contribution in [2.24, 2.45) is 0 Å². The van der Waals surface area contributed by atoms with Crippen LogP contribution >= 0.6 is 11.3 Å². The first-order chi connectivity index (χ1) is 13.1. The summed E-state index contributed by atoms with van der Waals surface area (Å²) in [6.45, 7) is 3.04. The predicted molar refractivity (Wildman–Crippen MR) is 100 cm³/mol. The molecule has 0 radical (unpaired) electrons. The van der Waals surface area contributed by atoms with Gasteiger partial charge < -0.3 is 19.1 Å². The van der Waals surface area contributed by atoms with Crippen LogP contribution in [-0.2, 0) is 22.5 Å². The van der Waals surface area contributed by atoms with Crippen LogP contribution in [0, 0.1) is 0 Å². The topological polar surface area (TPSA) is 90.0 Å². The van der Waals surface area contributed by atoms with Gasteiger partial charge in [-0.2, -0.15) is 0 Å². The fraction of sp³-hybridized carbons (Fsp3) is 0.389. The van der Waals surface area contributed by atoms with Gasteiger partial charge in [-0.1, -0.05) is 11.3 Å². The summed E-state index contributed by atoms with van der Waals surface area (Å²) in [4.78, 5) is 31.0. The molecule has 0 unspecified atom stereocenters. The number of fused-ring (bicyclic) bond motifs is 1. The van der Waals surface area contributed by atoms with E-state index in [2.05, 4.69) is 10.3 Å². The molecule has 0 saturated heterocycles. The number of anilines is 1. The number of nitrogens with zero attached hydrogens (tertiary/aromatic N) is 2.